The number of hydrogen-bond donors (Lipinski definition) is 0. The maximum Gasteiger partial charge on any atom is 0.0891 e. The lowest BCUT2D eigenvalue weighted by atomic mass is 10.0. The molecule has 0 bridgehead atoms. The Morgan fingerprint density at radius 1 is 0.520 bits per heavy atom. The second-order valence-electron chi connectivity index (χ2n) is 8.11. The Balaban J connectivity index is 2.99. The van der Waals surface area contributed by atoms with Crippen molar-refractivity contribution in [2.24, 2.45) is 5.18 Å². The summed E-state index contributed by atoms with van der Waals surface area (Å²) >= 11 is 0. The maximum atomic E-state index is 10.3. The van der Waals surface area contributed by atoms with Crippen molar-refractivity contribution in [3.63, 3.8) is 0 Å². The van der Waals surface area contributed by atoms with Crippen LogP contribution < -0.4 is 0 Å². The lowest BCUT2D eigenvalue weighted by Gasteiger charge is -2.04. The quantitative estimate of drug-likeness (QED) is 0.149. The van der Waals surface area contributed by atoms with Crippen LogP contribution in [0, 0.1) is 4.91 Å². The number of rotatable bonds is 21. The molecule has 150 valence electrons. The third-order valence-electron chi connectivity index (χ3n) is 5.41. The zero-order valence-electron chi connectivity index (χ0n) is 17.6. The molecule has 0 fully saturated rings. The number of nitroso groups, excluding NO2 is 1. The van der Waals surface area contributed by atoms with Crippen molar-refractivity contribution < 1.29 is 0 Å². The zero-order chi connectivity index (χ0) is 18.4. The molecular formula is C23H47NO. The van der Waals surface area contributed by atoms with Gasteiger partial charge in [-0.15, -0.1) is 0 Å². The summed E-state index contributed by atoms with van der Waals surface area (Å²) in [6, 6.07) is 0.0193. The van der Waals surface area contributed by atoms with Gasteiger partial charge in [0, 0.05) is 0 Å². The summed E-state index contributed by atoms with van der Waals surface area (Å²) in [5.74, 6) is 0. The maximum absolute atomic E-state index is 10.3. The van der Waals surface area contributed by atoms with Gasteiger partial charge in [0.15, 0.2) is 0 Å². The van der Waals surface area contributed by atoms with E-state index in [4.69, 9.17) is 0 Å². The molecule has 0 aromatic carbocycles. The van der Waals surface area contributed by atoms with E-state index >= 15 is 0 Å². The van der Waals surface area contributed by atoms with Crippen molar-refractivity contribution in [2.45, 2.75) is 148 Å². The van der Waals surface area contributed by atoms with E-state index in [0.717, 1.165) is 6.42 Å². The van der Waals surface area contributed by atoms with Gasteiger partial charge >= 0.3 is 0 Å². The lowest BCUT2D eigenvalue weighted by Crippen LogP contribution is -1.95. The van der Waals surface area contributed by atoms with Gasteiger partial charge in [0.1, 0.15) is 0 Å². The van der Waals surface area contributed by atoms with Crippen LogP contribution in [0.15, 0.2) is 5.18 Å². The van der Waals surface area contributed by atoms with Gasteiger partial charge in [0.2, 0.25) is 0 Å². The third-order valence-corrected chi connectivity index (χ3v) is 5.41. The van der Waals surface area contributed by atoms with Crippen molar-refractivity contribution in [2.75, 3.05) is 0 Å². The van der Waals surface area contributed by atoms with Gasteiger partial charge in [-0.3, -0.25) is 0 Å². The monoisotopic (exact) mass is 353 g/mol. The fourth-order valence-electron chi connectivity index (χ4n) is 3.57. The van der Waals surface area contributed by atoms with Crippen LogP contribution in [-0.2, 0) is 0 Å². The van der Waals surface area contributed by atoms with E-state index < -0.39 is 0 Å². The van der Waals surface area contributed by atoms with Crippen LogP contribution in [0.2, 0.25) is 0 Å². The highest BCUT2D eigenvalue weighted by Crippen LogP contribution is 2.15. The Morgan fingerprint density at radius 2 is 0.800 bits per heavy atom. The number of unbranched alkanes of at least 4 members (excludes halogenated alkanes) is 18. The molecule has 0 spiro atoms. The van der Waals surface area contributed by atoms with Crippen molar-refractivity contribution in [3.8, 4) is 0 Å². The molecule has 0 aliphatic carbocycles. The van der Waals surface area contributed by atoms with E-state index in [2.05, 4.69) is 12.1 Å². The van der Waals surface area contributed by atoms with Gasteiger partial charge in [-0.2, -0.15) is 4.91 Å². The van der Waals surface area contributed by atoms with Gasteiger partial charge in [0.05, 0.1) is 6.04 Å². The Bertz CT molecular complexity index is 254. The van der Waals surface area contributed by atoms with Crippen molar-refractivity contribution in [1.82, 2.24) is 0 Å². The molecule has 0 aliphatic rings. The molecule has 0 rings (SSSR count). The Hall–Kier alpha value is -0.400. The molecule has 0 heterocycles. The highest BCUT2D eigenvalue weighted by Gasteiger charge is 1.99. The van der Waals surface area contributed by atoms with Crippen molar-refractivity contribution in [3.05, 3.63) is 4.91 Å². The molecule has 0 radical (unpaired) electrons. The molecule has 2 heteroatoms. The lowest BCUT2D eigenvalue weighted by molar-refractivity contribution is 0.517. The normalized spacial score (nSPS) is 12.4. The number of nitrogens with zero attached hydrogens (tertiary/aromatic N) is 1. The first kappa shape index (κ1) is 24.6. The molecular weight excluding hydrogens is 306 g/mol. The van der Waals surface area contributed by atoms with E-state index in [-0.39, 0.29) is 6.04 Å². The molecule has 2 nitrogen and oxygen atoms in total. The van der Waals surface area contributed by atoms with Crippen LogP contribution in [0.5, 0.6) is 0 Å². The second-order valence-corrected chi connectivity index (χ2v) is 8.11. The van der Waals surface area contributed by atoms with Gasteiger partial charge in [-0.25, -0.2) is 0 Å². The first-order valence-corrected chi connectivity index (χ1v) is 11.6. The molecule has 1 atom stereocenters. The minimum Gasteiger partial charge on any atom is -0.151 e. The average molecular weight is 354 g/mol. The summed E-state index contributed by atoms with van der Waals surface area (Å²) in [4.78, 5) is 10.3. The standard InChI is InChI=1S/C23H47NO/c1-3-4-5-6-7-8-9-10-11-12-13-14-15-16-17-18-19-20-21-22-23(2)24-25/h23H,3-22H2,1-2H3. The molecule has 25 heavy (non-hydrogen) atoms. The van der Waals surface area contributed by atoms with E-state index in [1.54, 1.807) is 0 Å². The smallest absolute Gasteiger partial charge is 0.0891 e. The predicted molar refractivity (Wildman–Crippen MR) is 113 cm³/mol. The highest BCUT2D eigenvalue weighted by molar-refractivity contribution is 4.58. The molecule has 0 amide bonds. The summed E-state index contributed by atoms with van der Waals surface area (Å²) in [5, 5.41) is 3.06. The fourth-order valence-corrected chi connectivity index (χ4v) is 3.57. The number of hydrogen-bond acceptors (Lipinski definition) is 2. The molecule has 0 N–H and O–H groups in total. The fraction of sp³-hybridized carbons (Fsp3) is 1.00. The minimum absolute atomic E-state index is 0.0193. The first-order chi connectivity index (χ1) is 12.3. The summed E-state index contributed by atoms with van der Waals surface area (Å²) in [5.41, 5.74) is 0. The largest absolute Gasteiger partial charge is 0.151 e. The summed E-state index contributed by atoms with van der Waals surface area (Å²) in [6.07, 6.45) is 27.8. The topological polar surface area (TPSA) is 29.4 Å². The van der Waals surface area contributed by atoms with Crippen molar-refractivity contribution in [1.29, 1.82) is 0 Å². The second kappa shape index (κ2) is 21.6. The molecule has 0 aromatic rings. The van der Waals surface area contributed by atoms with Gasteiger partial charge in [-0.05, 0) is 13.3 Å². The molecule has 0 saturated carbocycles. The van der Waals surface area contributed by atoms with Crippen LogP contribution in [0.4, 0.5) is 0 Å². The van der Waals surface area contributed by atoms with Crippen LogP contribution in [0.1, 0.15) is 142 Å². The van der Waals surface area contributed by atoms with Gasteiger partial charge in [0.25, 0.3) is 0 Å². The molecule has 0 aliphatic heterocycles. The van der Waals surface area contributed by atoms with Crippen LogP contribution in [0.3, 0.4) is 0 Å². The summed E-state index contributed by atoms with van der Waals surface area (Å²) in [6.45, 7) is 4.21. The van der Waals surface area contributed by atoms with Crippen LogP contribution in [0.25, 0.3) is 0 Å². The van der Waals surface area contributed by atoms with E-state index in [1.807, 2.05) is 6.92 Å². The first-order valence-electron chi connectivity index (χ1n) is 11.6. The zero-order valence-corrected chi connectivity index (χ0v) is 17.6. The third kappa shape index (κ3) is 21.6. The highest BCUT2D eigenvalue weighted by atomic mass is 16.3. The van der Waals surface area contributed by atoms with Crippen molar-refractivity contribution >= 4 is 0 Å². The molecule has 0 aromatic heterocycles. The SMILES string of the molecule is CCCCCCCCCCCCCCCCCCCCCC(C)N=O. The van der Waals surface area contributed by atoms with Gasteiger partial charge in [-0.1, -0.05) is 134 Å². The predicted octanol–water partition coefficient (Wildman–Crippen LogP) is 8.96. The Labute approximate surface area is 158 Å². The Morgan fingerprint density at radius 3 is 1.08 bits per heavy atom. The van der Waals surface area contributed by atoms with Crippen LogP contribution >= 0.6 is 0 Å². The minimum atomic E-state index is 0.0193. The molecule has 0 saturated heterocycles. The Kier molecular flexibility index (Phi) is 21.3. The van der Waals surface area contributed by atoms with Crippen LogP contribution in [-0.4, -0.2) is 6.04 Å². The van der Waals surface area contributed by atoms with E-state index in [0.29, 0.717) is 0 Å². The van der Waals surface area contributed by atoms with E-state index in [1.165, 1.54) is 122 Å². The van der Waals surface area contributed by atoms with E-state index in [9.17, 15) is 4.91 Å². The average Bonchev–Trinajstić information content (AvgIpc) is 2.63. The summed E-state index contributed by atoms with van der Waals surface area (Å²) < 4.78 is 0. The summed E-state index contributed by atoms with van der Waals surface area (Å²) in [7, 11) is 0. The molecule has 1 unspecified atom stereocenters. The van der Waals surface area contributed by atoms with Gasteiger partial charge < -0.3 is 0 Å².